The number of nitrogens with two attached hydrogens (primary N) is 1. The molecule has 1 saturated heterocycles. The Labute approximate surface area is 118 Å². The molecule has 1 unspecified atom stereocenters. The number of hydrogen-bond donors (Lipinski definition) is 1. The Kier molecular flexibility index (Phi) is 6.11. The standard InChI is InChI=1S/C16H32N2O/c1-18(12-15-8-7-11-19-13-15)16(14-17)9-5-3-2-4-6-10-16/h15H,2-14,17H2,1H3. The number of hydrogen-bond acceptors (Lipinski definition) is 3. The van der Waals surface area contributed by atoms with Crippen LogP contribution in [0.2, 0.25) is 0 Å². The lowest BCUT2D eigenvalue weighted by molar-refractivity contribution is 0.0134. The number of ether oxygens (including phenoxy) is 1. The first-order valence-electron chi connectivity index (χ1n) is 8.26. The van der Waals surface area contributed by atoms with Crippen LogP contribution in [0.15, 0.2) is 0 Å². The highest BCUT2D eigenvalue weighted by atomic mass is 16.5. The molecule has 3 heteroatoms. The lowest BCUT2D eigenvalue weighted by Gasteiger charge is -2.44. The average molecular weight is 268 g/mol. The van der Waals surface area contributed by atoms with E-state index in [1.165, 1.54) is 57.8 Å². The van der Waals surface area contributed by atoms with Crippen molar-refractivity contribution in [2.75, 3.05) is 33.4 Å². The van der Waals surface area contributed by atoms with Gasteiger partial charge in [-0.15, -0.1) is 0 Å². The van der Waals surface area contributed by atoms with Crippen molar-refractivity contribution >= 4 is 0 Å². The lowest BCUT2D eigenvalue weighted by atomic mass is 9.82. The third-order valence-corrected chi connectivity index (χ3v) is 5.26. The highest BCUT2D eigenvalue weighted by Crippen LogP contribution is 2.31. The van der Waals surface area contributed by atoms with Crippen LogP contribution in [0.5, 0.6) is 0 Å². The molecule has 3 nitrogen and oxygen atoms in total. The van der Waals surface area contributed by atoms with Gasteiger partial charge in [0.05, 0.1) is 6.61 Å². The highest BCUT2D eigenvalue weighted by Gasteiger charge is 2.34. The van der Waals surface area contributed by atoms with Crippen LogP contribution in [0.25, 0.3) is 0 Å². The molecule has 0 radical (unpaired) electrons. The summed E-state index contributed by atoms with van der Waals surface area (Å²) in [6.07, 6.45) is 12.0. The van der Waals surface area contributed by atoms with Gasteiger partial charge in [0, 0.05) is 25.2 Å². The van der Waals surface area contributed by atoms with Gasteiger partial charge in [0.15, 0.2) is 0 Å². The minimum Gasteiger partial charge on any atom is -0.381 e. The molecule has 1 saturated carbocycles. The van der Waals surface area contributed by atoms with E-state index in [1.807, 2.05) is 0 Å². The molecule has 0 aromatic carbocycles. The van der Waals surface area contributed by atoms with Crippen molar-refractivity contribution in [3.8, 4) is 0 Å². The molecule has 0 amide bonds. The van der Waals surface area contributed by atoms with E-state index in [-0.39, 0.29) is 5.54 Å². The van der Waals surface area contributed by atoms with Gasteiger partial charge in [0.1, 0.15) is 0 Å². The Morgan fingerprint density at radius 3 is 2.37 bits per heavy atom. The molecule has 2 fully saturated rings. The highest BCUT2D eigenvalue weighted by molar-refractivity contribution is 4.92. The molecule has 2 rings (SSSR count). The monoisotopic (exact) mass is 268 g/mol. The van der Waals surface area contributed by atoms with Gasteiger partial charge in [0.2, 0.25) is 0 Å². The minimum absolute atomic E-state index is 0.262. The summed E-state index contributed by atoms with van der Waals surface area (Å²) in [4.78, 5) is 2.58. The Bertz CT molecular complexity index is 243. The van der Waals surface area contributed by atoms with E-state index in [0.29, 0.717) is 5.92 Å². The SMILES string of the molecule is CN(CC1CCCOC1)C1(CN)CCCCCCC1. The summed E-state index contributed by atoms with van der Waals surface area (Å²) in [7, 11) is 2.29. The average Bonchev–Trinajstić information content (AvgIpc) is 2.40. The molecule has 2 N–H and O–H groups in total. The Balaban J connectivity index is 1.92. The zero-order valence-electron chi connectivity index (χ0n) is 12.7. The fourth-order valence-corrected chi connectivity index (χ4v) is 3.84. The predicted molar refractivity (Wildman–Crippen MR) is 80.3 cm³/mol. The Morgan fingerprint density at radius 1 is 1.11 bits per heavy atom. The maximum Gasteiger partial charge on any atom is 0.0506 e. The smallest absolute Gasteiger partial charge is 0.0506 e. The van der Waals surface area contributed by atoms with Crippen LogP contribution in [0, 0.1) is 5.92 Å². The topological polar surface area (TPSA) is 38.5 Å². The zero-order valence-corrected chi connectivity index (χ0v) is 12.7. The van der Waals surface area contributed by atoms with Gasteiger partial charge in [-0.05, 0) is 38.6 Å². The second-order valence-electron chi connectivity index (χ2n) is 6.66. The van der Waals surface area contributed by atoms with E-state index in [4.69, 9.17) is 10.5 Å². The van der Waals surface area contributed by atoms with Gasteiger partial charge < -0.3 is 10.5 Å². The van der Waals surface area contributed by atoms with Gasteiger partial charge in [-0.25, -0.2) is 0 Å². The molecule has 0 bridgehead atoms. The largest absolute Gasteiger partial charge is 0.381 e. The van der Waals surface area contributed by atoms with E-state index >= 15 is 0 Å². The fourth-order valence-electron chi connectivity index (χ4n) is 3.84. The molecule has 0 aromatic rings. The molecule has 1 aliphatic heterocycles. The molecule has 0 spiro atoms. The van der Waals surface area contributed by atoms with Gasteiger partial charge >= 0.3 is 0 Å². The fraction of sp³-hybridized carbons (Fsp3) is 1.00. The summed E-state index contributed by atoms with van der Waals surface area (Å²) in [6, 6.07) is 0. The van der Waals surface area contributed by atoms with E-state index in [0.717, 1.165) is 26.3 Å². The zero-order chi connectivity index (χ0) is 13.6. The van der Waals surface area contributed by atoms with Crippen molar-refractivity contribution in [1.82, 2.24) is 4.90 Å². The summed E-state index contributed by atoms with van der Waals surface area (Å²) in [5.74, 6) is 0.715. The Morgan fingerprint density at radius 2 is 1.79 bits per heavy atom. The second-order valence-corrected chi connectivity index (χ2v) is 6.66. The predicted octanol–water partition coefficient (Wildman–Crippen LogP) is 2.79. The van der Waals surface area contributed by atoms with Gasteiger partial charge in [-0.3, -0.25) is 4.90 Å². The van der Waals surface area contributed by atoms with Crippen LogP contribution in [-0.2, 0) is 4.74 Å². The van der Waals surface area contributed by atoms with Crippen LogP contribution in [-0.4, -0.2) is 43.8 Å². The molecule has 1 atom stereocenters. The molecular formula is C16H32N2O. The van der Waals surface area contributed by atoms with Crippen LogP contribution < -0.4 is 5.73 Å². The third-order valence-electron chi connectivity index (χ3n) is 5.26. The summed E-state index contributed by atoms with van der Waals surface area (Å²) in [5, 5.41) is 0. The Hall–Kier alpha value is -0.120. The van der Waals surface area contributed by atoms with E-state index < -0.39 is 0 Å². The van der Waals surface area contributed by atoms with E-state index in [2.05, 4.69) is 11.9 Å². The first kappa shape index (κ1) is 15.3. The molecule has 2 aliphatic rings. The van der Waals surface area contributed by atoms with Crippen LogP contribution in [0.4, 0.5) is 0 Å². The maximum atomic E-state index is 6.19. The number of likely N-dealkylation sites (N-methyl/N-ethyl adjacent to an activating group) is 1. The summed E-state index contributed by atoms with van der Waals surface area (Å²) < 4.78 is 5.62. The first-order valence-corrected chi connectivity index (χ1v) is 8.26. The van der Waals surface area contributed by atoms with Crippen molar-refractivity contribution < 1.29 is 4.74 Å². The quantitative estimate of drug-likeness (QED) is 0.852. The van der Waals surface area contributed by atoms with Crippen LogP contribution >= 0.6 is 0 Å². The maximum absolute atomic E-state index is 6.19. The van der Waals surface area contributed by atoms with Crippen molar-refractivity contribution in [2.24, 2.45) is 11.7 Å². The number of nitrogens with zero attached hydrogens (tertiary/aromatic N) is 1. The van der Waals surface area contributed by atoms with Gasteiger partial charge in [0.25, 0.3) is 0 Å². The lowest BCUT2D eigenvalue weighted by Crippen LogP contribution is -2.54. The van der Waals surface area contributed by atoms with Gasteiger partial charge in [-0.1, -0.05) is 32.1 Å². The third kappa shape index (κ3) is 4.17. The molecule has 0 aromatic heterocycles. The molecule has 112 valence electrons. The molecule has 1 heterocycles. The van der Waals surface area contributed by atoms with Crippen molar-refractivity contribution in [2.45, 2.75) is 63.3 Å². The summed E-state index contributed by atoms with van der Waals surface area (Å²) in [5.41, 5.74) is 6.45. The first-order chi connectivity index (χ1) is 9.27. The van der Waals surface area contributed by atoms with Crippen molar-refractivity contribution in [3.05, 3.63) is 0 Å². The van der Waals surface area contributed by atoms with E-state index in [1.54, 1.807) is 0 Å². The number of rotatable bonds is 4. The van der Waals surface area contributed by atoms with Crippen LogP contribution in [0.3, 0.4) is 0 Å². The van der Waals surface area contributed by atoms with Crippen molar-refractivity contribution in [1.29, 1.82) is 0 Å². The minimum atomic E-state index is 0.262. The van der Waals surface area contributed by atoms with Crippen molar-refractivity contribution in [3.63, 3.8) is 0 Å². The van der Waals surface area contributed by atoms with Crippen LogP contribution in [0.1, 0.15) is 57.8 Å². The molecule has 19 heavy (non-hydrogen) atoms. The molecular weight excluding hydrogens is 236 g/mol. The normalized spacial score (nSPS) is 28.9. The van der Waals surface area contributed by atoms with E-state index in [9.17, 15) is 0 Å². The molecule has 1 aliphatic carbocycles. The second kappa shape index (κ2) is 7.61. The van der Waals surface area contributed by atoms with Gasteiger partial charge in [-0.2, -0.15) is 0 Å². The summed E-state index contributed by atoms with van der Waals surface area (Å²) >= 11 is 0. The summed E-state index contributed by atoms with van der Waals surface area (Å²) in [6.45, 7) is 3.89.